The highest BCUT2D eigenvalue weighted by Gasteiger charge is 2.49. The quantitative estimate of drug-likeness (QED) is 0.530. The number of carbonyl (C=O) groups excluding carboxylic acids is 2. The molecule has 1 aromatic heterocycles. The summed E-state index contributed by atoms with van der Waals surface area (Å²) in [6.07, 6.45) is 0. The summed E-state index contributed by atoms with van der Waals surface area (Å²) in [7, 11) is 0. The number of nitrogens with one attached hydrogen (secondary N) is 1. The number of hydrogen-bond acceptors (Lipinski definition) is 4. The maximum absolute atomic E-state index is 13.2. The van der Waals surface area contributed by atoms with Gasteiger partial charge in [0.05, 0.1) is 16.8 Å². The van der Waals surface area contributed by atoms with E-state index in [1.165, 1.54) is 16.2 Å². The number of para-hydroxylation sites is 1. The van der Waals surface area contributed by atoms with Crippen molar-refractivity contribution in [3.05, 3.63) is 77.3 Å². The van der Waals surface area contributed by atoms with Crippen LogP contribution in [0.1, 0.15) is 17.5 Å². The van der Waals surface area contributed by atoms with E-state index >= 15 is 0 Å². The van der Waals surface area contributed by atoms with E-state index in [0.717, 1.165) is 31.6 Å². The van der Waals surface area contributed by atoms with Crippen molar-refractivity contribution < 1.29 is 9.59 Å². The van der Waals surface area contributed by atoms with Crippen molar-refractivity contribution >= 4 is 44.3 Å². The number of amides is 3. The van der Waals surface area contributed by atoms with Crippen LogP contribution in [0.4, 0.5) is 4.79 Å². The summed E-state index contributed by atoms with van der Waals surface area (Å²) in [4.78, 5) is 31.6. The fourth-order valence-electron chi connectivity index (χ4n) is 3.66. The predicted molar refractivity (Wildman–Crippen MR) is 110 cm³/mol. The molecule has 4 aromatic rings. The highest BCUT2D eigenvalue weighted by molar-refractivity contribution is 7.18. The molecule has 0 saturated carbocycles. The number of hydrogen-bond donors (Lipinski definition) is 1. The molecule has 0 unspecified atom stereocenters. The van der Waals surface area contributed by atoms with Gasteiger partial charge in [-0.05, 0) is 41.5 Å². The maximum Gasteiger partial charge on any atom is 0.325 e. The third-order valence-electron chi connectivity index (χ3n) is 5.23. The Balaban J connectivity index is 1.48. The lowest BCUT2D eigenvalue weighted by atomic mass is 9.90. The van der Waals surface area contributed by atoms with Crippen LogP contribution in [0.15, 0.2) is 66.7 Å². The Kier molecular flexibility index (Phi) is 3.70. The number of benzene rings is 3. The first-order valence-electron chi connectivity index (χ1n) is 9.02. The van der Waals surface area contributed by atoms with Gasteiger partial charge >= 0.3 is 6.03 Å². The Morgan fingerprint density at radius 3 is 2.57 bits per heavy atom. The average molecular weight is 387 g/mol. The van der Waals surface area contributed by atoms with E-state index in [0.29, 0.717) is 0 Å². The molecule has 0 spiro atoms. The van der Waals surface area contributed by atoms with Crippen LogP contribution in [0, 0.1) is 0 Å². The molecule has 0 bridgehead atoms. The Bertz CT molecular complexity index is 1220. The zero-order valence-electron chi connectivity index (χ0n) is 15.2. The molecule has 138 valence electrons. The summed E-state index contributed by atoms with van der Waals surface area (Å²) >= 11 is 1.50. The average Bonchev–Trinajstić information content (AvgIpc) is 3.22. The SMILES string of the molecule is C[C@]1(c2ccc3ccccc3c2)NC(=O)N(Cc2nc3ccccc3s2)C1=O. The molecule has 1 fully saturated rings. The molecule has 1 N–H and O–H groups in total. The normalized spacial score (nSPS) is 19.5. The first kappa shape index (κ1) is 16.9. The van der Waals surface area contributed by atoms with E-state index in [9.17, 15) is 9.59 Å². The number of carbonyl (C=O) groups is 2. The van der Waals surface area contributed by atoms with Gasteiger partial charge in [0, 0.05) is 0 Å². The molecule has 1 aliphatic rings. The van der Waals surface area contributed by atoms with Gasteiger partial charge in [-0.25, -0.2) is 9.78 Å². The van der Waals surface area contributed by atoms with Gasteiger partial charge in [0.15, 0.2) is 0 Å². The van der Waals surface area contributed by atoms with Crippen LogP contribution in [0.25, 0.3) is 21.0 Å². The van der Waals surface area contributed by atoms with Crippen LogP contribution in [0.3, 0.4) is 0 Å². The second kappa shape index (κ2) is 6.14. The van der Waals surface area contributed by atoms with E-state index < -0.39 is 5.54 Å². The molecular weight excluding hydrogens is 370 g/mol. The monoisotopic (exact) mass is 387 g/mol. The predicted octanol–water partition coefficient (Wildman–Crippen LogP) is 4.42. The van der Waals surface area contributed by atoms with Crippen LogP contribution in [-0.4, -0.2) is 21.8 Å². The molecule has 5 rings (SSSR count). The second-order valence-corrected chi connectivity index (χ2v) is 8.20. The molecule has 5 nitrogen and oxygen atoms in total. The Morgan fingerprint density at radius 1 is 1.00 bits per heavy atom. The lowest BCUT2D eigenvalue weighted by Gasteiger charge is -2.22. The van der Waals surface area contributed by atoms with Crippen molar-refractivity contribution in [2.24, 2.45) is 0 Å². The van der Waals surface area contributed by atoms with Crippen molar-refractivity contribution in [1.82, 2.24) is 15.2 Å². The molecule has 1 atom stereocenters. The minimum absolute atomic E-state index is 0.174. The van der Waals surface area contributed by atoms with Gasteiger partial charge in [0.2, 0.25) is 0 Å². The molecule has 6 heteroatoms. The van der Waals surface area contributed by atoms with Crippen molar-refractivity contribution in [3.8, 4) is 0 Å². The van der Waals surface area contributed by atoms with Crippen LogP contribution in [0.5, 0.6) is 0 Å². The van der Waals surface area contributed by atoms with Crippen LogP contribution in [-0.2, 0) is 16.9 Å². The Labute approximate surface area is 165 Å². The number of aromatic nitrogens is 1. The number of thiazole rings is 1. The van der Waals surface area contributed by atoms with Gasteiger partial charge in [-0.2, -0.15) is 0 Å². The molecule has 1 saturated heterocycles. The van der Waals surface area contributed by atoms with Gasteiger partial charge < -0.3 is 5.32 Å². The smallest absolute Gasteiger partial charge is 0.319 e. The highest BCUT2D eigenvalue weighted by atomic mass is 32.1. The van der Waals surface area contributed by atoms with E-state index in [4.69, 9.17) is 0 Å². The minimum Gasteiger partial charge on any atom is -0.319 e. The fourth-order valence-corrected chi connectivity index (χ4v) is 4.62. The lowest BCUT2D eigenvalue weighted by molar-refractivity contribution is -0.131. The Hall–Kier alpha value is -3.25. The summed E-state index contributed by atoms with van der Waals surface area (Å²) in [5.74, 6) is -0.257. The van der Waals surface area contributed by atoms with Gasteiger partial charge in [0.25, 0.3) is 5.91 Å². The topological polar surface area (TPSA) is 62.3 Å². The number of nitrogens with zero attached hydrogens (tertiary/aromatic N) is 2. The van der Waals surface area contributed by atoms with Crippen molar-refractivity contribution in [3.63, 3.8) is 0 Å². The molecule has 0 radical (unpaired) electrons. The lowest BCUT2D eigenvalue weighted by Crippen LogP contribution is -2.40. The van der Waals surface area contributed by atoms with E-state index in [2.05, 4.69) is 10.3 Å². The first-order chi connectivity index (χ1) is 13.5. The van der Waals surface area contributed by atoms with E-state index in [-0.39, 0.29) is 18.5 Å². The largest absolute Gasteiger partial charge is 0.325 e. The van der Waals surface area contributed by atoms with Gasteiger partial charge in [-0.1, -0.05) is 48.5 Å². The molecule has 1 aliphatic heterocycles. The summed E-state index contributed by atoms with van der Waals surface area (Å²) in [5, 5.41) is 5.75. The van der Waals surface area contributed by atoms with Crippen molar-refractivity contribution in [1.29, 1.82) is 0 Å². The van der Waals surface area contributed by atoms with Crippen LogP contribution < -0.4 is 5.32 Å². The van der Waals surface area contributed by atoms with Gasteiger partial charge in [-0.3, -0.25) is 9.69 Å². The third kappa shape index (κ3) is 2.57. The van der Waals surface area contributed by atoms with E-state index in [1.54, 1.807) is 6.92 Å². The maximum atomic E-state index is 13.2. The molecular formula is C22H17N3O2S. The number of rotatable bonds is 3. The highest BCUT2D eigenvalue weighted by Crippen LogP contribution is 2.32. The van der Waals surface area contributed by atoms with Gasteiger partial charge in [-0.15, -0.1) is 11.3 Å². The summed E-state index contributed by atoms with van der Waals surface area (Å²) in [5.41, 5.74) is 0.570. The number of urea groups is 1. The van der Waals surface area contributed by atoms with Crippen molar-refractivity contribution in [2.75, 3.05) is 0 Å². The summed E-state index contributed by atoms with van der Waals surface area (Å²) < 4.78 is 1.04. The number of imide groups is 1. The molecule has 3 aromatic carbocycles. The standard InChI is InChI=1S/C22H17N3O2S/c1-22(16-11-10-14-6-2-3-7-15(14)12-16)20(26)25(21(27)24-22)13-19-23-17-8-4-5-9-18(17)28-19/h2-12H,13H2,1H3,(H,24,27)/t22-/m1/s1. The zero-order chi connectivity index (χ0) is 19.3. The minimum atomic E-state index is -1.09. The zero-order valence-corrected chi connectivity index (χ0v) is 16.0. The Morgan fingerprint density at radius 2 is 1.75 bits per heavy atom. The van der Waals surface area contributed by atoms with Crippen LogP contribution in [0.2, 0.25) is 0 Å². The summed E-state index contributed by atoms with van der Waals surface area (Å²) in [6.45, 7) is 1.93. The molecule has 3 amide bonds. The second-order valence-electron chi connectivity index (χ2n) is 7.08. The first-order valence-corrected chi connectivity index (χ1v) is 9.84. The third-order valence-corrected chi connectivity index (χ3v) is 6.25. The van der Waals surface area contributed by atoms with Gasteiger partial charge in [0.1, 0.15) is 10.5 Å². The molecule has 2 heterocycles. The summed E-state index contributed by atoms with van der Waals surface area (Å²) in [6, 6.07) is 21.2. The van der Waals surface area contributed by atoms with Crippen LogP contribution >= 0.6 is 11.3 Å². The van der Waals surface area contributed by atoms with Crippen molar-refractivity contribution in [2.45, 2.75) is 19.0 Å². The molecule has 28 heavy (non-hydrogen) atoms. The van der Waals surface area contributed by atoms with E-state index in [1.807, 2.05) is 66.7 Å². The number of fused-ring (bicyclic) bond motifs is 2. The fraction of sp³-hybridized carbons (Fsp3) is 0.136. The molecule has 0 aliphatic carbocycles.